The van der Waals surface area contributed by atoms with Crippen molar-refractivity contribution in [3.05, 3.63) is 83.0 Å². The molecule has 0 unspecified atom stereocenters. The van der Waals surface area contributed by atoms with Gasteiger partial charge in [0, 0.05) is 16.8 Å². The molecule has 1 heterocycles. The van der Waals surface area contributed by atoms with E-state index in [1.807, 2.05) is 50.2 Å². The van der Waals surface area contributed by atoms with Crippen molar-refractivity contribution >= 4 is 22.7 Å². The van der Waals surface area contributed by atoms with E-state index >= 15 is 0 Å². The standard InChI is InChI=1S/C26H22N4O3/c1-15-11-20(16(2)28-21-10-5-4-9-19(21)26(31)32)25-22(12-15)29-23(14-27)24(30-25)17-7-6-8-18(13-17)33-3/h4-13,16,28H,1-3H3,(H,31,32)/t16-/m1/s1. The van der Waals surface area contributed by atoms with E-state index in [-0.39, 0.29) is 17.3 Å². The molecular weight excluding hydrogens is 416 g/mol. The molecule has 0 fully saturated rings. The van der Waals surface area contributed by atoms with E-state index in [1.165, 1.54) is 0 Å². The summed E-state index contributed by atoms with van der Waals surface area (Å²) in [5.41, 5.74) is 5.19. The van der Waals surface area contributed by atoms with Crippen LogP contribution in [0.2, 0.25) is 0 Å². The maximum Gasteiger partial charge on any atom is 0.337 e. The minimum absolute atomic E-state index is 0.191. The van der Waals surface area contributed by atoms with Crippen LogP contribution >= 0.6 is 0 Å². The molecule has 0 aliphatic carbocycles. The lowest BCUT2D eigenvalue weighted by atomic mass is 10.0. The number of nitriles is 1. The number of aryl methyl sites for hydroxylation is 1. The molecule has 1 atom stereocenters. The molecule has 1 aromatic heterocycles. The van der Waals surface area contributed by atoms with Gasteiger partial charge in [-0.25, -0.2) is 14.8 Å². The summed E-state index contributed by atoms with van der Waals surface area (Å²) in [7, 11) is 1.58. The molecule has 7 heteroatoms. The fraction of sp³-hybridized carbons (Fsp3) is 0.154. The molecule has 2 N–H and O–H groups in total. The van der Waals surface area contributed by atoms with Crippen molar-refractivity contribution in [2.24, 2.45) is 0 Å². The van der Waals surface area contributed by atoms with Crippen molar-refractivity contribution in [1.82, 2.24) is 9.97 Å². The van der Waals surface area contributed by atoms with Crippen molar-refractivity contribution in [1.29, 1.82) is 5.26 Å². The number of rotatable bonds is 6. The molecule has 7 nitrogen and oxygen atoms in total. The van der Waals surface area contributed by atoms with Gasteiger partial charge in [-0.15, -0.1) is 0 Å². The molecule has 0 aliphatic heterocycles. The first-order valence-electron chi connectivity index (χ1n) is 10.4. The number of hydrogen-bond donors (Lipinski definition) is 2. The first-order valence-corrected chi connectivity index (χ1v) is 10.4. The predicted octanol–water partition coefficient (Wildman–Crippen LogP) is 5.36. The van der Waals surface area contributed by atoms with E-state index in [9.17, 15) is 15.2 Å². The lowest BCUT2D eigenvalue weighted by Crippen LogP contribution is -2.12. The Hall–Kier alpha value is -4.44. The number of fused-ring (bicyclic) bond motifs is 1. The summed E-state index contributed by atoms with van der Waals surface area (Å²) >= 11 is 0. The van der Waals surface area contributed by atoms with Gasteiger partial charge in [0.2, 0.25) is 0 Å². The van der Waals surface area contributed by atoms with E-state index < -0.39 is 5.97 Å². The number of para-hydroxylation sites is 1. The predicted molar refractivity (Wildman–Crippen MR) is 126 cm³/mol. The maximum atomic E-state index is 11.6. The molecule has 0 amide bonds. The minimum Gasteiger partial charge on any atom is -0.497 e. The molecule has 4 rings (SSSR count). The first kappa shape index (κ1) is 21.8. The van der Waals surface area contributed by atoms with Gasteiger partial charge in [-0.1, -0.05) is 30.3 Å². The van der Waals surface area contributed by atoms with E-state index in [2.05, 4.69) is 16.4 Å². The third-order valence-corrected chi connectivity index (χ3v) is 5.39. The number of anilines is 1. The number of aromatic nitrogens is 2. The van der Waals surface area contributed by atoms with E-state index in [0.717, 1.165) is 16.7 Å². The number of nitrogens with one attached hydrogen (secondary N) is 1. The summed E-state index contributed by atoms with van der Waals surface area (Å²) in [6, 6.07) is 19.9. The third-order valence-electron chi connectivity index (χ3n) is 5.39. The van der Waals surface area contributed by atoms with Crippen molar-refractivity contribution in [3.8, 4) is 23.1 Å². The number of hydrogen-bond acceptors (Lipinski definition) is 6. The summed E-state index contributed by atoms with van der Waals surface area (Å²) in [5, 5.41) is 22.6. The van der Waals surface area contributed by atoms with Crippen LogP contribution in [0.15, 0.2) is 60.7 Å². The van der Waals surface area contributed by atoms with Crippen LogP contribution in [0.1, 0.15) is 40.1 Å². The molecule has 0 aliphatic rings. The van der Waals surface area contributed by atoms with Gasteiger partial charge in [0.25, 0.3) is 0 Å². The monoisotopic (exact) mass is 438 g/mol. The Kier molecular flexibility index (Phi) is 5.92. The molecular formula is C26H22N4O3. The molecule has 33 heavy (non-hydrogen) atoms. The van der Waals surface area contributed by atoms with E-state index in [4.69, 9.17) is 9.72 Å². The van der Waals surface area contributed by atoms with E-state index in [0.29, 0.717) is 28.2 Å². The lowest BCUT2D eigenvalue weighted by Gasteiger charge is -2.20. The lowest BCUT2D eigenvalue weighted by molar-refractivity contribution is 0.0698. The van der Waals surface area contributed by atoms with Crippen molar-refractivity contribution < 1.29 is 14.6 Å². The van der Waals surface area contributed by atoms with Gasteiger partial charge in [-0.05, 0) is 49.7 Å². The highest BCUT2D eigenvalue weighted by Crippen LogP contribution is 2.31. The summed E-state index contributed by atoms with van der Waals surface area (Å²) < 4.78 is 5.32. The molecule has 0 bridgehead atoms. The fourth-order valence-corrected chi connectivity index (χ4v) is 3.82. The highest BCUT2D eigenvalue weighted by atomic mass is 16.5. The fourth-order valence-electron chi connectivity index (χ4n) is 3.82. The Morgan fingerprint density at radius 2 is 1.91 bits per heavy atom. The zero-order valence-electron chi connectivity index (χ0n) is 18.5. The smallest absolute Gasteiger partial charge is 0.337 e. The van der Waals surface area contributed by atoms with Crippen LogP contribution in [-0.4, -0.2) is 28.2 Å². The Balaban J connectivity index is 1.87. The third kappa shape index (κ3) is 4.32. The molecule has 0 radical (unpaired) electrons. The van der Waals surface area contributed by atoms with Gasteiger partial charge < -0.3 is 15.2 Å². The van der Waals surface area contributed by atoms with Gasteiger partial charge >= 0.3 is 5.97 Å². The maximum absolute atomic E-state index is 11.6. The second-order valence-electron chi connectivity index (χ2n) is 7.70. The van der Waals surface area contributed by atoms with Crippen molar-refractivity contribution in [2.45, 2.75) is 19.9 Å². The van der Waals surface area contributed by atoms with Crippen molar-refractivity contribution in [3.63, 3.8) is 0 Å². The summed E-state index contributed by atoms with van der Waals surface area (Å²) in [4.78, 5) is 21.1. The second kappa shape index (κ2) is 8.97. The largest absolute Gasteiger partial charge is 0.497 e. The minimum atomic E-state index is -1.00. The van der Waals surface area contributed by atoms with Gasteiger partial charge in [0.1, 0.15) is 17.5 Å². The van der Waals surface area contributed by atoms with Crippen LogP contribution < -0.4 is 10.1 Å². The normalized spacial score (nSPS) is 11.6. The quantitative estimate of drug-likeness (QED) is 0.417. The molecule has 0 saturated heterocycles. The summed E-state index contributed by atoms with van der Waals surface area (Å²) in [6.45, 7) is 3.89. The van der Waals surface area contributed by atoms with Crippen LogP contribution in [0.4, 0.5) is 5.69 Å². The van der Waals surface area contributed by atoms with Gasteiger partial charge in [-0.2, -0.15) is 5.26 Å². The summed E-state index contributed by atoms with van der Waals surface area (Å²) in [5.74, 6) is -0.346. The average molecular weight is 438 g/mol. The molecule has 0 saturated carbocycles. The zero-order chi connectivity index (χ0) is 23.5. The second-order valence-corrected chi connectivity index (χ2v) is 7.70. The van der Waals surface area contributed by atoms with Crippen LogP contribution in [0, 0.1) is 18.3 Å². The summed E-state index contributed by atoms with van der Waals surface area (Å²) in [6.07, 6.45) is 0. The number of benzene rings is 3. The Labute approximate surface area is 191 Å². The average Bonchev–Trinajstić information content (AvgIpc) is 2.82. The Morgan fingerprint density at radius 3 is 2.64 bits per heavy atom. The number of ether oxygens (including phenoxy) is 1. The van der Waals surface area contributed by atoms with Crippen LogP contribution in [0.3, 0.4) is 0 Å². The number of nitrogens with zero attached hydrogens (tertiary/aromatic N) is 3. The molecule has 3 aromatic carbocycles. The Morgan fingerprint density at radius 1 is 1.12 bits per heavy atom. The topological polar surface area (TPSA) is 108 Å². The van der Waals surface area contributed by atoms with Gasteiger partial charge in [0.15, 0.2) is 5.69 Å². The van der Waals surface area contributed by atoms with Crippen LogP contribution in [0.5, 0.6) is 5.75 Å². The number of carboxylic acids is 1. The number of aromatic carboxylic acids is 1. The van der Waals surface area contributed by atoms with Gasteiger partial charge in [0.05, 0.1) is 29.7 Å². The van der Waals surface area contributed by atoms with Crippen molar-refractivity contribution in [2.75, 3.05) is 12.4 Å². The van der Waals surface area contributed by atoms with E-state index in [1.54, 1.807) is 31.4 Å². The SMILES string of the molecule is COc1cccc(-c2nc3c([C@@H](C)Nc4ccccc4C(=O)O)cc(C)cc3nc2C#N)c1. The molecule has 4 aromatic rings. The number of carboxylic acid groups (broad SMARTS) is 1. The first-order chi connectivity index (χ1) is 15.9. The molecule has 164 valence electrons. The van der Waals surface area contributed by atoms with Crippen LogP contribution in [-0.2, 0) is 0 Å². The Bertz CT molecular complexity index is 1410. The molecule has 0 spiro atoms. The highest BCUT2D eigenvalue weighted by Gasteiger charge is 2.19. The van der Waals surface area contributed by atoms with Crippen LogP contribution in [0.25, 0.3) is 22.3 Å². The number of carbonyl (C=O) groups is 1. The highest BCUT2D eigenvalue weighted by molar-refractivity contribution is 5.94. The van der Waals surface area contributed by atoms with Gasteiger partial charge in [-0.3, -0.25) is 0 Å². The zero-order valence-corrected chi connectivity index (χ0v) is 18.5. The number of methoxy groups -OCH3 is 1.